The van der Waals surface area contributed by atoms with Gasteiger partial charge >= 0.3 is 0 Å². The van der Waals surface area contributed by atoms with Gasteiger partial charge in [0.05, 0.1) is 12.1 Å². The smallest absolute Gasteiger partial charge is 0.220 e. The van der Waals surface area contributed by atoms with Crippen LogP contribution in [-0.4, -0.2) is 17.1 Å². The molecule has 1 aromatic carbocycles. The molecule has 20 heavy (non-hydrogen) atoms. The number of aliphatic hydroxyl groups is 1. The number of aliphatic hydroxyl groups excluding tert-OH is 1. The maximum atomic E-state index is 12.0. The number of carbonyl (C=O) groups is 1. The molecule has 4 heteroatoms. The maximum absolute atomic E-state index is 12.0. The van der Waals surface area contributed by atoms with Crippen molar-refractivity contribution in [3.8, 4) is 0 Å². The lowest BCUT2D eigenvalue weighted by Gasteiger charge is -2.17. The molecule has 0 spiro atoms. The van der Waals surface area contributed by atoms with E-state index in [2.05, 4.69) is 10.7 Å². The van der Waals surface area contributed by atoms with E-state index in [1.807, 2.05) is 35.7 Å². The first kappa shape index (κ1) is 13.3. The van der Waals surface area contributed by atoms with Gasteiger partial charge in [-0.3, -0.25) is 4.79 Å². The summed E-state index contributed by atoms with van der Waals surface area (Å²) in [5.74, 6) is -0.00282. The van der Waals surface area contributed by atoms with Crippen molar-refractivity contribution in [2.45, 2.75) is 31.4 Å². The van der Waals surface area contributed by atoms with E-state index >= 15 is 0 Å². The van der Waals surface area contributed by atoms with Gasteiger partial charge in [0.2, 0.25) is 5.91 Å². The molecule has 0 bridgehead atoms. The zero-order valence-electron chi connectivity index (χ0n) is 11.1. The first-order valence-corrected chi connectivity index (χ1v) is 7.74. The number of hydrogen-bond acceptors (Lipinski definition) is 3. The highest BCUT2D eigenvalue weighted by atomic mass is 32.1. The van der Waals surface area contributed by atoms with Gasteiger partial charge in [0.25, 0.3) is 0 Å². The summed E-state index contributed by atoms with van der Waals surface area (Å²) in [5.41, 5.74) is 3.37. The van der Waals surface area contributed by atoms with Crippen molar-refractivity contribution in [2.24, 2.45) is 0 Å². The Labute approximate surface area is 122 Å². The zero-order chi connectivity index (χ0) is 13.9. The Kier molecular flexibility index (Phi) is 3.85. The number of carbonyl (C=O) groups excluding carboxylic acids is 1. The highest BCUT2D eigenvalue weighted by Crippen LogP contribution is 2.31. The second-order valence-corrected chi connectivity index (χ2v) is 5.93. The SMILES string of the molecule is O=C(CCc1ccsc1)N[C@H]1c2ccccc2C[C@@H]1O. The van der Waals surface area contributed by atoms with Gasteiger partial charge in [0.1, 0.15) is 0 Å². The van der Waals surface area contributed by atoms with E-state index < -0.39 is 6.10 Å². The van der Waals surface area contributed by atoms with Gasteiger partial charge in [-0.2, -0.15) is 11.3 Å². The molecule has 104 valence electrons. The minimum atomic E-state index is -0.516. The molecule has 1 heterocycles. The average molecular weight is 287 g/mol. The summed E-state index contributed by atoms with van der Waals surface area (Å²) in [6.45, 7) is 0. The summed E-state index contributed by atoms with van der Waals surface area (Å²) in [7, 11) is 0. The third kappa shape index (κ3) is 2.76. The van der Waals surface area contributed by atoms with Crippen LogP contribution in [0.5, 0.6) is 0 Å². The molecule has 0 saturated carbocycles. The molecule has 0 fully saturated rings. The minimum absolute atomic E-state index is 0.00282. The highest BCUT2D eigenvalue weighted by Gasteiger charge is 2.31. The molecule has 2 aromatic rings. The number of amides is 1. The fourth-order valence-electron chi connectivity index (χ4n) is 2.69. The van der Waals surface area contributed by atoms with Crippen LogP contribution in [0, 0.1) is 0 Å². The molecule has 3 nitrogen and oxygen atoms in total. The van der Waals surface area contributed by atoms with Crippen LogP contribution in [0.3, 0.4) is 0 Å². The second kappa shape index (κ2) is 5.77. The third-order valence-corrected chi connectivity index (χ3v) is 4.47. The topological polar surface area (TPSA) is 49.3 Å². The molecule has 2 atom stereocenters. The third-order valence-electron chi connectivity index (χ3n) is 3.74. The number of fused-ring (bicyclic) bond motifs is 1. The van der Waals surface area contributed by atoms with E-state index in [0.29, 0.717) is 12.8 Å². The summed E-state index contributed by atoms with van der Waals surface area (Å²) in [6.07, 6.45) is 1.31. The quantitative estimate of drug-likeness (QED) is 0.907. The van der Waals surface area contributed by atoms with Crippen LogP contribution in [0.15, 0.2) is 41.1 Å². The van der Waals surface area contributed by atoms with Gasteiger partial charge in [-0.05, 0) is 39.9 Å². The lowest BCUT2D eigenvalue weighted by Crippen LogP contribution is -2.33. The van der Waals surface area contributed by atoms with Crippen LogP contribution in [0.4, 0.5) is 0 Å². The van der Waals surface area contributed by atoms with E-state index in [4.69, 9.17) is 0 Å². The Morgan fingerprint density at radius 1 is 1.35 bits per heavy atom. The molecule has 1 amide bonds. The predicted octanol–water partition coefficient (Wildman–Crippen LogP) is 2.46. The van der Waals surface area contributed by atoms with Crippen LogP contribution >= 0.6 is 11.3 Å². The molecular weight excluding hydrogens is 270 g/mol. The van der Waals surface area contributed by atoms with Crippen molar-refractivity contribution in [3.05, 3.63) is 57.8 Å². The lowest BCUT2D eigenvalue weighted by atomic mass is 10.1. The second-order valence-electron chi connectivity index (χ2n) is 5.15. The van der Waals surface area contributed by atoms with Crippen LogP contribution in [0.2, 0.25) is 0 Å². The lowest BCUT2D eigenvalue weighted by molar-refractivity contribution is -0.122. The van der Waals surface area contributed by atoms with E-state index in [1.54, 1.807) is 11.3 Å². The molecule has 2 N–H and O–H groups in total. The number of thiophene rings is 1. The molecule has 0 aliphatic heterocycles. The van der Waals surface area contributed by atoms with Gasteiger partial charge in [-0.25, -0.2) is 0 Å². The summed E-state index contributed by atoms with van der Waals surface area (Å²) >= 11 is 1.64. The number of nitrogens with one attached hydrogen (secondary N) is 1. The standard InChI is InChI=1S/C16H17NO2S/c18-14-9-12-3-1-2-4-13(12)16(14)17-15(19)6-5-11-7-8-20-10-11/h1-4,7-8,10,14,16,18H,5-6,9H2,(H,17,19)/t14-,16-/m0/s1. The monoisotopic (exact) mass is 287 g/mol. The fraction of sp³-hybridized carbons (Fsp3) is 0.312. The van der Waals surface area contributed by atoms with Gasteiger partial charge in [-0.15, -0.1) is 0 Å². The summed E-state index contributed by atoms with van der Waals surface area (Å²) in [5, 5.41) is 17.1. The van der Waals surface area contributed by atoms with Gasteiger partial charge in [-0.1, -0.05) is 24.3 Å². The van der Waals surface area contributed by atoms with Gasteiger partial charge in [0, 0.05) is 12.8 Å². The Balaban J connectivity index is 1.61. The van der Waals surface area contributed by atoms with Gasteiger partial charge in [0.15, 0.2) is 0 Å². The largest absolute Gasteiger partial charge is 0.390 e. The molecule has 0 radical (unpaired) electrons. The Bertz CT molecular complexity index is 594. The van der Waals surface area contributed by atoms with E-state index in [0.717, 1.165) is 17.5 Å². The van der Waals surface area contributed by atoms with Crippen LogP contribution in [-0.2, 0) is 17.6 Å². The van der Waals surface area contributed by atoms with Crippen molar-refractivity contribution in [1.29, 1.82) is 0 Å². The highest BCUT2D eigenvalue weighted by molar-refractivity contribution is 7.07. The van der Waals surface area contributed by atoms with E-state index in [-0.39, 0.29) is 11.9 Å². The molecule has 1 aliphatic carbocycles. The molecule has 1 aromatic heterocycles. The van der Waals surface area contributed by atoms with Crippen molar-refractivity contribution < 1.29 is 9.90 Å². The predicted molar refractivity (Wildman–Crippen MR) is 79.7 cm³/mol. The van der Waals surface area contributed by atoms with Crippen molar-refractivity contribution in [2.75, 3.05) is 0 Å². The molecule has 0 saturated heterocycles. The summed E-state index contributed by atoms with van der Waals surface area (Å²) in [4.78, 5) is 12.0. The fourth-order valence-corrected chi connectivity index (χ4v) is 3.39. The number of hydrogen-bond donors (Lipinski definition) is 2. The van der Waals surface area contributed by atoms with Crippen molar-refractivity contribution in [3.63, 3.8) is 0 Å². The van der Waals surface area contributed by atoms with Crippen LogP contribution in [0.25, 0.3) is 0 Å². The van der Waals surface area contributed by atoms with Crippen LogP contribution in [0.1, 0.15) is 29.2 Å². The Hall–Kier alpha value is -1.65. The summed E-state index contributed by atoms with van der Waals surface area (Å²) in [6, 6.07) is 9.68. The number of benzene rings is 1. The molecule has 3 rings (SSSR count). The average Bonchev–Trinajstić information content (AvgIpc) is 3.06. The van der Waals surface area contributed by atoms with Crippen molar-refractivity contribution >= 4 is 17.2 Å². The number of rotatable bonds is 4. The van der Waals surface area contributed by atoms with E-state index in [1.165, 1.54) is 5.56 Å². The summed E-state index contributed by atoms with van der Waals surface area (Å²) < 4.78 is 0. The first-order valence-electron chi connectivity index (χ1n) is 6.80. The maximum Gasteiger partial charge on any atom is 0.220 e. The molecule has 1 aliphatic rings. The van der Waals surface area contributed by atoms with E-state index in [9.17, 15) is 9.90 Å². The van der Waals surface area contributed by atoms with Crippen LogP contribution < -0.4 is 5.32 Å². The normalized spacial score (nSPS) is 20.6. The molecular formula is C16H17NO2S. The zero-order valence-corrected chi connectivity index (χ0v) is 11.9. The minimum Gasteiger partial charge on any atom is -0.390 e. The van der Waals surface area contributed by atoms with Gasteiger partial charge < -0.3 is 10.4 Å². The first-order chi connectivity index (χ1) is 9.74. The Morgan fingerprint density at radius 3 is 3.00 bits per heavy atom. The number of aryl methyl sites for hydroxylation is 1. The Morgan fingerprint density at radius 2 is 2.20 bits per heavy atom. The van der Waals surface area contributed by atoms with Crippen molar-refractivity contribution in [1.82, 2.24) is 5.32 Å². The molecule has 0 unspecified atom stereocenters.